The summed E-state index contributed by atoms with van der Waals surface area (Å²) in [6.45, 7) is 2.24. The molecule has 1 fully saturated rings. The van der Waals surface area contributed by atoms with Gasteiger partial charge in [0.2, 0.25) is 0 Å². The first-order valence-corrected chi connectivity index (χ1v) is 7.97. The molecule has 0 amide bonds. The fraction of sp³-hybridized carbons (Fsp3) is 0.385. The highest BCUT2D eigenvalue weighted by Gasteiger charge is 2.28. The zero-order valence-electron chi connectivity index (χ0n) is 10.3. The van der Waals surface area contributed by atoms with E-state index < -0.39 is 5.97 Å². The Balaban J connectivity index is 1.64. The maximum Gasteiger partial charge on any atom is 0.307 e. The highest BCUT2D eigenvalue weighted by atomic mass is 32.1. The number of likely N-dealkylation sites (tertiary alicyclic amines) is 1. The van der Waals surface area contributed by atoms with Crippen LogP contribution >= 0.6 is 22.7 Å². The Hall–Kier alpha value is -1.24. The summed E-state index contributed by atoms with van der Waals surface area (Å²) in [6.07, 6.45) is 0.747. The van der Waals surface area contributed by atoms with Crippen molar-refractivity contribution < 1.29 is 9.90 Å². The topological polar surface area (TPSA) is 53.4 Å². The summed E-state index contributed by atoms with van der Waals surface area (Å²) in [7, 11) is 0. The van der Waals surface area contributed by atoms with Crippen LogP contribution in [0.2, 0.25) is 0 Å². The van der Waals surface area contributed by atoms with Gasteiger partial charge in [-0.15, -0.1) is 11.3 Å². The monoisotopic (exact) mass is 294 g/mol. The summed E-state index contributed by atoms with van der Waals surface area (Å²) in [5.41, 5.74) is 2.21. The summed E-state index contributed by atoms with van der Waals surface area (Å²) >= 11 is 3.32. The molecule has 3 rings (SSSR count). The van der Waals surface area contributed by atoms with Gasteiger partial charge in [-0.05, 0) is 24.4 Å². The predicted octanol–water partition coefficient (Wildman–Crippen LogP) is 2.78. The van der Waals surface area contributed by atoms with Crippen LogP contribution in [0, 0.1) is 5.92 Å². The van der Waals surface area contributed by atoms with Crippen LogP contribution < -0.4 is 0 Å². The molecule has 2 aromatic heterocycles. The molecule has 6 heteroatoms. The van der Waals surface area contributed by atoms with Gasteiger partial charge in [0, 0.05) is 29.4 Å². The van der Waals surface area contributed by atoms with Crippen molar-refractivity contribution in [2.24, 2.45) is 5.92 Å². The minimum Gasteiger partial charge on any atom is -0.481 e. The average molecular weight is 294 g/mol. The number of aliphatic carboxylic acids is 1. The predicted molar refractivity (Wildman–Crippen MR) is 76.4 cm³/mol. The third kappa shape index (κ3) is 2.86. The number of thiophene rings is 1. The van der Waals surface area contributed by atoms with Crippen molar-refractivity contribution >= 4 is 28.6 Å². The Morgan fingerprint density at radius 3 is 3.11 bits per heavy atom. The van der Waals surface area contributed by atoms with Crippen LogP contribution in [-0.4, -0.2) is 34.0 Å². The van der Waals surface area contributed by atoms with Crippen LogP contribution in [0.15, 0.2) is 22.2 Å². The summed E-state index contributed by atoms with van der Waals surface area (Å²) in [6, 6.07) is 2.07. The van der Waals surface area contributed by atoms with E-state index in [-0.39, 0.29) is 5.92 Å². The van der Waals surface area contributed by atoms with Gasteiger partial charge in [0.15, 0.2) is 0 Å². The summed E-state index contributed by atoms with van der Waals surface area (Å²) in [5.74, 6) is -0.894. The van der Waals surface area contributed by atoms with Crippen LogP contribution in [0.5, 0.6) is 0 Å². The zero-order chi connectivity index (χ0) is 13.2. The van der Waals surface area contributed by atoms with Crippen molar-refractivity contribution in [1.29, 1.82) is 0 Å². The summed E-state index contributed by atoms with van der Waals surface area (Å²) in [5, 5.41) is 16.3. The van der Waals surface area contributed by atoms with E-state index in [1.807, 2.05) is 5.38 Å². The minimum atomic E-state index is -0.681. The van der Waals surface area contributed by atoms with E-state index in [1.165, 1.54) is 5.56 Å². The third-order valence-corrected chi connectivity index (χ3v) is 4.95. The van der Waals surface area contributed by atoms with E-state index in [0.29, 0.717) is 6.54 Å². The first kappa shape index (κ1) is 12.8. The molecule has 0 saturated carbocycles. The molecule has 0 radical (unpaired) electrons. The molecule has 1 saturated heterocycles. The lowest BCUT2D eigenvalue weighted by atomic mass is 10.1. The van der Waals surface area contributed by atoms with Crippen LogP contribution in [0.1, 0.15) is 12.1 Å². The SMILES string of the molecule is O=C(O)[C@H]1CCN(Cc2csc(-c3ccsc3)n2)C1. The van der Waals surface area contributed by atoms with E-state index in [9.17, 15) is 4.79 Å². The number of carbonyl (C=O) groups is 1. The Labute approximate surface area is 119 Å². The molecule has 0 aliphatic carbocycles. The highest BCUT2D eigenvalue weighted by molar-refractivity contribution is 7.14. The molecule has 1 N–H and O–H groups in total. The van der Waals surface area contributed by atoms with E-state index in [0.717, 1.165) is 30.2 Å². The van der Waals surface area contributed by atoms with Gasteiger partial charge < -0.3 is 5.11 Å². The number of carboxylic acids is 1. The zero-order valence-corrected chi connectivity index (χ0v) is 11.9. The molecule has 0 bridgehead atoms. The van der Waals surface area contributed by atoms with E-state index in [2.05, 4.69) is 26.7 Å². The number of nitrogens with zero attached hydrogens (tertiary/aromatic N) is 2. The van der Waals surface area contributed by atoms with Gasteiger partial charge in [-0.3, -0.25) is 9.69 Å². The first-order valence-electron chi connectivity index (χ1n) is 6.14. The molecule has 19 heavy (non-hydrogen) atoms. The number of hydrogen-bond acceptors (Lipinski definition) is 5. The Kier molecular flexibility index (Phi) is 3.63. The van der Waals surface area contributed by atoms with Gasteiger partial charge in [-0.2, -0.15) is 11.3 Å². The van der Waals surface area contributed by atoms with E-state index in [4.69, 9.17) is 5.11 Å². The van der Waals surface area contributed by atoms with Crippen molar-refractivity contribution in [1.82, 2.24) is 9.88 Å². The number of carboxylic acid groups (broad SMARTS) is 1. The smallest absolute Gasteiger partial charge is 0.307 e. The largest absolute Gasteiger partial charge is 0.481 e. The number of aromatic nitrogens is 1. The molecule has 1 atom stereocenters. The van der Waals surface area contributed by atoms with Gasteiger partial charge in [-0.25, -0.2) is 4.98 Å². The normalized spacial score (nSPS) is 19.9. The van der Waals surface area contributed by atoms with Crippen LogP contribution in [0.25, 0.3) is 10.6 Å². The molecule has 2 aromatic rings. The maximum absolute atomic E-state index is 10.9. The molecular formula is C13H14N2O2S2. The number of rotatable bonds is 4. The molecule has 4 nitrogen and oxygen atoms in total. The van der Waals surface area contributed by atoms with Crippen molar-refractivity contribution in [3.63, 3.8) is 0 Å². The number of thiazole rings is 1. The average Bonchev–Trinajstić information content (AvgIpc) is 3.09. The third-order valence-electron chi connectivity index (χ3n) is 3.33. The van der Waals surface area contributed by atoms with Gasteiger partial charge in [-0.1, -0.05) is 0 Å². The summed E-state index contributed by atoms with van der Waals surface area (Å²) in [4.78, 5) is 17.7. The fourth-order valence-electron chi connectivity index (χ4n) is 2.31. The van der Waals surface area contributed by atoms with Crippen LogP contribution in [-0.2, 0) is 11.3 Å². The highest BCUT2D eigenvalue weighted by Crippen LogP contribution is 2.27. The van der Waals surface area contributed by atoms with Crippen LogP contribution in [0.4, 0.5) is 0 Å². The lowest BCUT2D eigenvalue weighted by Gasteiger charge is -2.12. The molecule has 1 aliphatic rings. The molecule has 0 aromatic carbocycles. The molecule has 0 unspecified atom stereocenters. The molecule has 0 spiro atoms. The van der Waals surface area contributed by atoms with Gasteiger partial charge >= 0.3 is 5.97 Å². The Morgan fingerprint density at radius 1 is 1.53 bits per heavy atom. The second-order valence-electron chi connectivity index (χ2n) is 4.71. The number of hydrogen-bond donors (Lipinski definition) is 1. The lowest BCUT2D eigenvalue weighted by molar-refractivity contribution is -0.141. The van der Waals surface area contributed by atoms with Crippen molar-refractivity contribution in [3.05, 3.63) is 27.9 Å². The van der Waals surface area contributed by atoms with Gasteiger partial charge in [0.25, 0.3) is 0 Å². The Morgan fingerprint density at radius 2 is 2.42 bits per heavy atom. The second-order valence-corrected chi connectivity index (χ2v) is 6.35. The van der Waals surface area contributed by atoms with E-state index >= 15 is 0 Å². The quantitative estimate of drug-likeness (QED) is 0.942. The van der Waals surface area contributed by atoms with Crippen molar-refractivity contribution in [2.75, 3.05) is 13.1 Å². The van der Waals surface area contributed by atoms with Crippen molar-refractivity contribution in [2.45, 2.75) is 13.0 Å². The summed E-state index contributed by atoms with van der Waals surface area (Å²) < 4.78 is 0. The maximum atomic E-state index is 10.9. The van der Waals surface area contributed by atoms with E-state index in [1.54, 1.807) is 22.7 Å². The second kappa shape index (κ2) is 5.40. The van der Waals surface area contributed by atoms with Gasteiger partial charge in [0.05, 0.1) is 11.6 Å². The van der Waals surface area contributed by atoms with Crippen molar-refractivity contribution in [3.8, 4) is 10.6 Å². The minimum absolute atomic E-state index is 0.213. The molecule has 1 aliphatic heterocycles. The first-order chi connectivity index (χ1) is 9.22. The fourth-order valence-corrected chi connectivity index (χ4v) is 3.83. The lowest BCUT2D eigenvalue weighted by Crippen LogP contribution is -2.22. The van der Waals surface area contributed by atoms with Gasteiger partial charge in [0.1, 0.15) is 5.01 Å². The standard InChI is InChI=1S/C13H14N2O2S2/c16-13(17)9-1-3-15(5-9)6-11-8-19-12(14-11)10-2-4-18-7-10/h2,4,7-9H,1,3,5-6H2,(H,16,17)/t9-/m0/s1. The molecular weight excluding hydrogens is 280 g/mol. The van der Waals surface area contributed by atoms with Crippen LogP contribution in [0.3, 0.4) is 0 Å². The molecule has 100 valence electrons. The molecule has 3 heterocycles. The Bertz CT molecular complexity index is 565.